The van der Waals surface area contributed by atoms with Crippen LogP contribution in [0, 0.1) is 20.2 Å². The Kier molecular flexibility index (Phi) is 5.91. The number of non-ortho nitro benzene ring substituents is 1. The first-order valence-electron chi connectivity index (χ1n) is 7.75. The minimum Gasteiger partial charge on any atom is -0.368 e. The molecule has 0 aliphatic heterocycles. The highest BCUT2D eigenvalue weighted by Gasteiger charge is 2.28. The lowest BCUT2D eigenvalue weighted by Gasteiger charge is -2.18. The van der Waals surface area contributed by atoms with Crippen molar-refractivity contribution in [3.63, 3.8) is 0 Å². The molecule has 2 rings (SSSR count). The number of nitro groups is 2. The number of nitro benzene ring substituents is 2. The third kappa shape index (κ3) is 4.34. The molecule has 0 spiro atoms. The molecule has 0 saturated carbocycles. The van der Waals surface area contributed by atoms with Gasteiger partial charge in [-0.15, -0.1) is 0 Å². The molecule has 2 aromatic rings. The molecule has 0 aliphatic rings. The lowest BCUT2D eigenvalue weighted by atomic mass is 10.1. The molecule has 11 heteroatoms. The summed E-state index contributed by atoms with van der Waals surface area (Å²) in [5.74, 6) is 0. The van der Waals surface area contributed by atoms with E-state index >= 15 is 0 Å². The van der Waals surface area contributed by atoms with Crippen molar-refractivity contribution in [3.05, 3.63) is 50.6 Å². The van der Waals surface area contributed by atoms with Gasteiger partial charge in [-0.1, -0.05) is 25.1 Å². The number of nitrogens with zero attached hydrogens (tertiary/aromatic N) is 2. The quantitative estimate of drug-likeness (QED) is 0.395. The largest absolute Gasteiger partial charge is 0.368 e. The van der Waals surface area contributed by atoms with Gasteiger partial charge in [-0.2, -0.15) is 0 Å². The molecule has 140 valence electrons. The van der Waals surface area contributed by atoms with Crippen LogP contribution in [0.3, 0.4) is 0 Å². The van der Waals surface area contributed by atoms with Crippen LogP contribution in [0.15, 0.2) is 30.3 Å². The van der Waals surface area contributed by atoms with Crippen LogP contribution < -0.4 is 5.32 Å². The lowest BCUT2D eigenvalue weighted by molar-refractivity contribution is -0.392. The molecule has 0 amide bonds. The fourth-order valence-electron chi connectivity index (χ4n) is 2.39. The predicted octanol–water partition coefficient (Wildman–Crippen LogP) is 4.03. The van der Waals surface area contributed by atoms with Crippen LogP contribution in [0.25, 0.3) is 10.8 Å². The van der Waals surface area contributed by atoms with Gasteiger partial charge in [-0.3, -0.25) is 24.8 Å². The van der Waals surface area contributed by atoms with E-state index in [4.69, 9.17) is 4.52 Å². The van der Waals surface area contributed by atoms with Gasteiger partial charge in [0.1, 0.15) is 12.0 Å². The minimum absolute atomic E-state index is 0.0711. The van der Waals surface area contributed by atoms with Gasteiger partial charge in [0.15, 0.2) is 0 Å². The van der Waals surface area contributed by atoms with Crippen molar-refractivity contribution in [2.45, 2.75) is 26.4 Å². The molecule has 2 aromatic carbocycles. The lowest BCUT2D eigenvalue weighted by Crippen LogP contribution is -2.12. The van der Waals surface area contributed by atoms with Gasteiger partial charge < -0.3 is 14.7 Å². The molecule has 2 N–H and O–H groups in total. The Morgan fingerprint density at radius 3 is 2.31 bits per heavy atom. The second-order valence-corrected chi connectivity index (χ2v) is 7.45. The number of hydrogen-bond acceptors (Lipinski definition) is 7. The molecular weight excluding hydrogens is 365 g/mol. The summed E-state index contributed by atoms with van der Waals surface area (Å²) >= 11 is 0. The zero-order valence-electron chi connectivity index (χ0n) is 14.1. The zero-order valence-corrected chi connectivity index (χ0v) is 15.0. The van der Waals surface area contributed by atoms with Crippen molar-refractivity contribution in [2.24, 2.45) is 0 Å². The van der Waals surface area contributed by atoms with Gasteiger partial charge in [0.05, 0.1) is 27.4 Å². The van der Waals surface area contributed by atoms with Crippen LogP contribution in [0.2, 0.25) is 0 Å². The van der Waals surface area contributed by atoms with Gasteiger partial charge in [0.2, 0.25) is 0 Å². The maximum atomic E-state index is 12.1. The summed E-state index contributed by atoms with van der Waals surface area (Å²) in [5.41, 5.74) is -1.04. The van der Waals surface area contributed by atoms with E-state index in [0.29, 0.717) is 6.42 Å². The topological polar surface area (TPSA) is 145 Å². The van der Waals surface area contributed by atoms with Crippen LogP contribution in [0.1, 0.15) is 20.3 Å². The van der Waals surface area contributed by atoms with E-state index in [1.807, 2.05) is 0 Å². The van der Waals surface area contributed by atoms with Crippen molar-refractivity contribution >= 4 is 35.4 Å². The standard InChI is InChI=1S/C15H18N3O7P/c1-3-10(2)25-26(23,24)9-16-15-12-7-5-4-6-11(12)13(17(19)20)8-14(15)18(21)22/h4-8,10,16H,3,9H2,1-2H3,(H,23,24). The first kappa shape index (κ1) is 19.8. The van der Waals surface area contributed by atoms with Crippen molar-refractivity contribution in [2.75, 3.05) is 11.6 Å². The third-order valence-electron chi connectivity index (χ3n) is 3.77. The molecular formula is C15H18N3O7P. The van der Waals surface area contributed by atoms with Gasteiger partial charge in [0, 0.05) is 5.39 Å². The molecule has 10 nitrogen and oxygen atoms in total. The van der Waals surface area contributed by atoms with Crippen molar-refractivity contribution in [1.29, 1.82) is 0 Å². The highest BCUT2D eigenvalue weighted by Crippen LogP contribution is 2.46. The van der Waals surface area contributed by atoms with E-state index in [1.165, 1.54) is 12.1 Å². The van der Waals surface area contributed by atoms with Crippen LogP contribution in [-0.4, -0.2) is 27.1 Å². The van der Waals surface area contributed by atoms with Crippen LogP contribution in [-0.2, 0) is 9.09 Å². The van der Waals surface area contributed by atoms with Gasteiger partial charge >= 0.3 is 7.60 Å². The smallest absolute Gasteiger partial charge is 0.347 e. The highest BCUT2D eigenvalue weighted by atomic mass is 31.2. The molecule has 0 aromatic heterocycles. The maximum absolute atomic E-state index is 12.1. The van der Waals surface area contributed by atoms with Crippen LogP contribution in [0.5, 0.6) is 0 Å². The monoisotopic (exact) mass is 383 g/mol. The minimum atomic E-state index is -4.06. The van der Waals surface area contributed by atoms with E-state index in [2.05, 4.69) is 5.32 Å². The molecule has 2 atom stereocenters. The number of nitrogens with one attached hydrogen (secondary N) is 1. The summed E-state index contributed by atoms with van der Waals surface area (Å²) in [7, 11) is -4.06. The Hall–Kier alpha value is -2.55. The number of anilines is 1. The number of rotatable bonds is 8. The van der Waals surface area contributed by atoms with E-state index in [1.54, 1.807) is 26.0 Å². The first-order chi connectivity index (χ1) is 12.2. The molecule has 26 heavy (non-hydrogen) atoms. The normalized spacial score (nSPS) is 14.6. The fraction of sp³-hybridized carbons (Fsp3) is 0.333. The molecule has 0 aliphatic carbocycles. The fourth-order valence-corrected chi connectivity index (χ4v) is 3.54. The zero-order chi connectivity index (χ0) is 19.5. The number of fused-ring (bicyclic) bond motifs is 1. The number of benzene rings is 2. The second kappa shape index (κ2) is 7.77. The maximum Gasteiger partial charge on any atom is 0.347 e. The summed E-state index contributed by atoms with van der Waals surface area (Å²) in [6.07, 6.45) is -0.512. The number of hydrogen-bond donors (Lipinski definition) is 2. The Labute approximate surface area is 148 Å². The SMILES string of the molecule is CCC(C)OP(=O)(O)CNc1c([N+](=O)[O-])cc([N+](=O)[O-])c2ccccc12. The highest BCUT2D eigenvalue weighted by molar-refractivity contribution is 7.52. The third-order valence-corrected chi connectivity index (χ3v) is 5.02. The summed E-state index contributed by atoms with van der Waals surface area (Å²) in [4.78, 5) is 31.0. The van der Waals surface area contributed by atoms with Crippen molar-refractivity contribution < 1.29 is 23.8 Å². The van der Waals surface area contributed by atoms with Crippen molar-refractivity contribution in [3.8, 4) is 0 Å². The second-order valence-electron chi connectivity index (χ2n) is 5.65. The summed E-state index contributed by atoms with van der Waals surface area (Å²) in [6, 6.07) is 6.89. The molecule has 0 fully saturated rings. The van der Waals surface area contributed by atoms with Gasteiger partial charge in [0.25, 0.3) is 11.4 Å². The van der Waals surface area contributed by atoms with E-state index in [9.17, 15) is 29.7 Å². The first-order valence-corrected chi connectivity index (χ1v) is 9.51. The van der Waals surface area contributed by atoms with Gasteiger partial charge in [-0.25, -0.2) is 0 Å². The predicted molar refractivity (Wildman–Crippen MR) is 96.4 cm³/mol. The Morgan fingerprint density at radius 1 is 1.19 bits per heavy atom. The van der Waals surface area contributed by atoms with E-state index in [-0.39, 0.29) is 16.5 Å². The summed E-state index contributed by atoms with van der Waals surface area (Å²) in [5, 5.41) is 25.6. The van der Waals surface area contributed by atoms with Crippen LogP contribution in [0.4, 0.5) is 17.1 Å². The molecule has 0 heterocycles. The average Bonchev–Trinajstić information content (AvgIpc) is 2.58. The molecule has 0 bridgehead atoms. The van der Waals surface area contributed by atoms with E-state index in [0.717, 1.165) is 6.07 Å². The Bertz CT molecular complexity index is 902. The summed E-state index contributed by atoms with van der Waals surface area (Å²) in [6.45, 7) is 3.42. The average molecular weight is 383 g/mol. The van der Waals surface area contributed by atoms with Crippen LogP contribution >= 0.6 is 7.60 Å². The molecule has 2 unspecified atom stereocenters. The van der Waals surface area contributed by atoms with Crippen molar-refractivity contribution in [1.82, 2.24) is 0 Å². The van der Waals surface area contributed by atoms with E-state index < -0.39 is 41.2 Å². The Morgan fingerprint density at radius 2 is 1.77 bits per heavy atom. The summed E-state index contributed by atoms with van der Waals surface area (Å²) < 4.78 is 17.2. The molecule has 0 saturated heterocycles. The van der Waals surface area contributed by atoms with Gasteiger partial charge in [-0.05, 0) is 19.4 Å². The Balaban J connectivity index is 2.51. The molecule has 0 radical (unpaired) electrons.